The number of aromatic nitrogens is 1. The highest BCUT2D eigenvalue weighted by Gasteiger charge is 2.23. The van der Waals surface area contributed by atoms with Gasteiger partial charge in [-0.3, -0.25) is 9.78 Å². The predicted octanol–water partition coefficient (Wildman–Crippen LogP) is 2.95. The fourth-order valence-corrected chi connectivity index (χ4v) is 2.86. The normalized spacial score (nSPS) is 14.2. The van der Waals surface area contributed by atoms with Crippen LogP contribution in [0.2, 0.25) is 0 Å². The maximum absolute atomic E-state index is 13.6. The molecular weight excluding hydrogens is 255 g/mol. The van der Waals surface area contributed by atoms with E-state index in [1.54, 1.807) is 25.1 Å². The zero-order chi connectivity index (χ0) is 14.3. The molecule has 0 radical (unpaired) electrons. The lowest BCUT2D eigenvalue weighted by molar-refractivity contribution is 0.0828. The van der Waals surface area contributed by atoms with Crippen molar-refractivity contribution in [1.82, 2.24) is 9.88 Å². The van der Waals surface area contributed by atoms with Crippen LogP contribution in [0.4, 0.5) is 4.39 Å². The molecule has 0 fully saturated rings. The number of halogens is 1. The molecule has 1 heterocycles. The average molecular weight is 272 g/mol. The average Bonchev–Trinajstić information content (AvgIpc) is 2.44. The first kappa shape index (κ1) is 13.0. The Hall–Kier alpha value is -1.97. The van der Waals surface area contributed by atoms with Crippen molar-refractivity contribution in [2.24, 2.45) is 0 Å². The van der Waals surface area contributed by atoms with Gasteiger partial charge in [-0.1, -0.05) is 0 Å². The summed E-state index contributed by atoms with van der Waals surface area (Å²) in [6.07, 6.45) is 3.91. The molecule has 0 N–H and O–H groups in total. The molecule has 1 amide bonds. The second kappa shape index (κ2) is 4.85. The van der Waals surface area contributed by atoms with Crippen molar-refractivity contribution in [2.45, 2.75) is 25.7 Å². The van der Waals surface area contributed by atoms with Gasteiger partial charge in [0.1, 0.15) is 5.82 Å². The molecule has 104 valence electrons. The topological polar surface area (TPSA) is 33.2 Å². The zero-order valence-corrected chi connectivity index (χ0v) is 11.7. The number of rotatable bonds is 1. The maximum Gasteiger partial charge on any atom is 0.254 e. The van der Waals surface area contributed by atoms with Gasteiger partial charge in [-0.05, 0) is 49.4 Å². The molecule has 20 heavy (non-hydrogen) atoms. The Morgan fingerprint density at radius 1 is 1.25 bits per heavy atom. The van der Waals surface area contributed by atoms with Crippen LogP contribution in [-0.2, 0) is 12.8 Å². The lowest BCUT2D eigenvalue weighted by Crippen LogP contribution is -2.25. The summed E-state index contributed by atoms with van der Waals surface area (Å²) in [4.78, 5) is 18.7. The van der Waals surface area contributed by atoms with Gasteiger partial charge in [0.25, 0.3) is 5.91 Å². The largest absolute Gasteiger partial charge is 0.345 e. The van der Waals surface area contributed by atoms with Crippen LogP contribution in [0, 0.1) is 5.82 Å². The van der Waals surface area contributed by atoms with E-state index in [4.69, 9.17) is 0 Å². The minimum atomic E-state index is -0.331. The summed E-state index contributed by atoms with van der Waals surface area (Å²) in [6, 6.07) is 4.48. The van der Waals surface area contributed by atoms with Gasteiger partial charge >= 0.3 is 0 Å². The number of fused-ring (bicyclic) bond motifs is 2. The van der Waals surface area contributed by atoms with Crippen LogP contribution in [0.5, 0.6) is 0 Å². The Morgan fingerprint density at radius 3 is 2.75 bits per heavy atom. The van der Waals surface area contributed by atoms with E-state index in [-0.39, 0.29) is 11.7 Å². The van der Waals surface area contributed by atoms with Gasteiger partial charge in [-0.15, -0.1) is 0 Å². The van der Waals surface area contributed by atoms with Gasteiger partial charge in [0.15, 0.2) is 0 Å². The molecule has 0 saturated heterocycles. The minimum Gasteiger partial charge on any atom is -0.345 e. The smallest absolute Gasteiger partial charge is 0.254 e. The summed E-state index contributed by atoms with van der Waals surface area (Å²) in [6.45, 7) is 0. The molecule has 0 saturated carbocycles. The summed E-state index contributed by atoms with van der Waals surface area (Å²) in [7, 11) is 3.45. The standard InChI is InChI=1S/C16H17FN2O/c1-19(2)16(20)15-11-5-3-4-6-13(11)18-14-8-7-10(17)9-12(14)15/h7-9H,3-6H2,1-2H3. The highest BCUT2D eigenvalue weighted by molar-refractivity contribution is 6.07. The van der Waals surface area contributed by atoms with E-state index in [2.05, 4.69) is 4.98 Å². The summed E-state index contributed by atoms with van der Waals surface area (Å²) in [5.41, 5.74) is 3.35. The van der Waals surface area contributed by atoms with E-state index >= 15 is 0 Å². The van der Waals surface area contributed by atoms with Crippen LogP contribution in [0.1, 0.15) is 34.5 Å². The Balaban J connectivity index is 2.36. The molecule has 2 aromatic rings. The highest BCUT2D eigenvalue weighted by Crippen LogP contribution is 2.30. The van der Waals surface area contributed by atoms with E-state index in [0.29, 0.717) is 16.5 Å². The van der Waals surface area contributed by atoms with Gasteiger partial charge < -0.3 is 4.90 Å². The van der Waals surface area contributed by atoms with Crippen molar-refractivity contribution in [2.75, 3.05) is 14.1 Å². The second-order valence-corrected chi connectivity index (χ2v) is 5.48. The summed E-state index contributed by atoms with van der Waals surface area (Å²) in [5.74, 6) is -0.399. The molecule has 3 rings (SSSR count). The van der Waals surface area contributed by atoms with Crippen molar-refractivity contribution in [1.29, 1.82) is 0 Å². The molecule has 0 aliphatic heterocycles. The number of hydrogen-bond donors (Lipinski definition) is 0. The maximum atomic E-state index is 13.6. The number of carbonyl (C=O) groups excluding carboxylic acids is 1. The number of aryl methyl sites for hydroxylation is 1. The molecule has 4 heteroatoms. The molecule has 0 bridgehead atoms. The Kier molecular flexibility index (Phi) is 3.16. The quantitative estimate of drug-likeness (QED) is 0.799. The fourth-order valence-electron chi connectivity index (χ4n) is 2.86. The monoisotopic (exact) mass is 272 g/mol. The zero-order valence-electron chi connectivity index (χ0n) is 11.7. The van der Waals surface area contributed by atoms with Crippen molar-refractivity contribution in [3.05, 3.63) is 40.8 Å². The molecule has 1 aliphatic carbocycles. The third-order valence-electron chi connectivity index (χ3n) is 3.84. The number of nitrogens with zero attached hydrogens (tertiary/aromatic N) is 2. The molecule has 0 unspecified atom stereocenters. The van der Waals surface area contributed by atoms with Crippen LogP contribution in [-0.4, -0.2) is 29.9 Å². The molecule has 3 nitrogen and oxygen atoms in total. The molecule has 1 aromatic carbocycles. The van der Waals surface area contributed by atoms with Gasteiger partial charge in [0.05, 0.1) is 11.1 Å². The number of carbonyl (C=O) groups is 1. The van der Waals surface area contributed by atoms with Gasteiger partial charge in [-0.25, -0.2) is 4.39 Å². The van der Waals surface area contributed by atoms with Gasteiger partial charge in [0.2, 0.25) is 0 Å². The van der Waals surface area contributed by atoms with Crippen LogP contribution in [0.15, 0.2) is 18.2 Å². The van der Waals surface area contributed by atoms with E-state index < -0.39 is 0 Å². The van der Waals surface area contributed by atoms with E-state index in [0.717, 1.165) is 36.9 Å². The first-order valence-corrected chi connectivity index (χ1v) is 6.90. The summed E-state index contributed by atoms with van der Waals surface area (Å²) >= 11 is 0. The number of amides is 1. The van der Waals surface area contributed by atoms with Gasteiger partial charge in [-0.2, -0.15) is 0 Å². The van der Waals surface area contributed by atoms with Crippen LogP contribution in [0.3, 0.4) is 0 Å². The van der Waals surface area contributed by atoms with Crippen molar-refractivity contribution < 1.29 is 9.18 Å². The number of pyridine rings is 1. The first-order valence-electron chi connectivity index (χ1n) is 6.90. The summed E-state index contributed by atoms with van der Waals surface area (Å²) in [5, 5.41) is 0.629. The Morgan fingerprint density at radius 2 is 2.00 bits per heavy atom. The van der Waals surface area contributed by atoms with E-state index in [1.165, 1.54) is 12.1 Å². The third-order valence-corrected chi connectivity index (χ3v) is 3.84. The second-order valence-electron chi connectivity index (χ2n) is 5.48. The van der Waals surface area contributed by atoms with E-state index in [9.17, 15) is 9.18 Å². The van der Waals surface area contributed by atoms with Crippen molar-refractivity contribution in [3.8, 4) is 0 Å². The predicted molar refractivity (Wildman–Crippen MR) is 76.4 cm³/mol. The van der Waals surface area contributed by atoms with E-state index in [1.807, 2.05) is 0 Å². The Bertz CT molecular complexity index is 694. The highest BCUT2D eigenvalue weighted by atomic mass is 19.1. The molecule has 1 aliphatic rings. The SMILES string of the molecule is CN(C)C(=O)c1c2c(nc3ccc(F)cc13)CCCC2. The fraction of sp³-hybridized carbons (Fsp3) is 0.375. The van der Waals surface area contributed by atoms with Crippen molar-refractivity contribution in [3.63, 3.8) is 0 Å². The minimum absolute atomic E-state index is 0.0684. The van der Waals surface area contributed by atoms with Crippen LogP contribution in [0.25, 0.3) is 10.9 Å². The third kappa shape index (κ3) is 2.05. The molecule has 1 aromatic heterocycles. The Labute approximate surface area is 117 Å². The first-order chi connectivity index (χ1) is 9.58. The lowest BCUT2D eigenvalue weighted by Gasteiger charge is -2.22. The molecular formula is C16H17FN2O. The van der Waals surface area contributed by atoms with Gasteiger partial charge in [0, 0.05) is 25.2 Å². The molecule has 0 spiro atoms. The number of benzene rings is 1. The van der Waals surface area contributed by atoms with Crippen LogP contribution >= 0.6 is 0 Å². The summed E-state index contributed by atoms with van der Waals surface area (Å²) < 4.78 is 13.6. The van der Waals surface area contributed by atoms with Crippen LogP contribution < -0.4 is 0 Å². The molecule has 0 atom stereocenters. The number of hydrogen-bond acceptors (Lipinski definition) is 2. The lowest BCUT2D eigenvalue weighted by atomic mass is 9.89. The van der Waals surface area contributed by atoms with Crippen molar-refractivity contribution >= 4 is 16.8 Å².